The second-order valence-electron chi connectivity index (χ2n) is 11.1. The number of methoxy groups -OCH3 is 2. The number of pyridine rings is 1. The van der Waals surface area contributed by atoms with Crippen molar-refractivity contribution in [1.29, 1.82) is 0 Å². The molecule has 0 bridgehead atoms. The van der Waals surface area contributed by atoms with Crippen molar-refractivity contribution in [2.45, 2.75) is 25.9 Å². The Bertz CT molecular complexity index is 1420. The third kappa shape index (κ3) is 9.39. The van der Waals surface area contributed by atoms with E-state index in [1.165, 1.54) is 6.08 Å². The average Bonchev–Trinajstić information content (AvgIpc) is 3.08. The Labute approximate surface area is 265 Å². The summed E-state index contributed by atoms with van der Waals surface area (Å²) in [6.07, 6.45) is 5.18. The first-order valence-electron chi connectivity index (χ1n) is 15.1. The van der Waals surface area contributed by atoms with Gasteiger partial charge in [0, 0.05) is 90.8 Å². The molecule has 1 aliphatic heterocycles. The van der Waals surface area contributed by atoms with Gasteiger partial charge in [0.1, 0.15) is 6.04 Å². The smallest absolute Gasteiger partial charge is 0.247 e. The maximum Gasteiger partial charge on any atom is 0.247 e. The zero-order valence-corrected chi connectivity index (χ0v) is 26.6. The molecule has 0 spiro atoms. The summed E-state index contributed by atoms with van der Waals surface area (Å²) >= 11 is 0. The lowest BCUT2D eigenvalue weighted by Crippen LogP contribution is -2.51. The van der Waals surface area contributed by atoms with Gasteiger partial charge in [-0.3, -0.25) is 14.4 Å². The minimum absolute atomic E-state index is 0.0968. The first kappa shape index (κ1) is 33.2. The zero-order valence-electron chi connectivity index (χ0n) is 26.6. The summed E-state index contributed by atoms with van der Waals surface area (Å²) in [4.78, 5) is 51.3. The van der Waals surface area contributed by atoms with E-state index in [2.05, 4.69) is 9.88 Å². The summed E-state index contributed by atoms with van der Waals surface area (Å²) in [6, 6.07) is 20.6. The van der Waals surface area contributed by atoms with Crippen molar-refractivity contribution in [3.05, 3.63) is 95.7 Å². The molecular formula is C35H43N5O5. The molecule has 1 atom stereocenters. The molecule has 0 radical (unpaired) electrons. The Hall–Kier alpha value is -4.70. The van der Waals surface area contributed by atoms with Crippen LogP contribution in [0, 0.1) is 0 Å². The summed E-state index contributed by atoms with van der Waals surface area (Å²) in [5, 5.41) is 0. The Balaban J connectivity index is 1.62. The number of amides is 3. The molecule has 1 saturated heterocycles. The van der Waals surface area contributed by atoms with E-state index < -0.39 is 6.04 Å². The van der Waals surface area contributed by atoms with Crippen LogP contribution in [0.4, 0.5) is 5.69 Å². The maximum absolute atomic E-state index is 14.0. The predicted octanol–water partition coefficient (Wildman–Crippen LogP) is 3.52. The van der Waals surface area contributed by atoms with Gasteiger partial charge in [0.05, 0.1) is 13.7 Å². The standard InChI is InChI=1S/C35H43N5O5/c1-27(41)38-18-20-39(21-19-38)31-14-10-30(11-15-31)26-40(34(42)17-13-29-12-16-33(45-4)36-25-29)32(24-28-8-6-5-7-9-28)35(43)37(2)22-23-44-3/h5-17,25,32H,18-24,26H2,1-4H3. The number of nitrogens with zero attached hydrogens (tertiary/aromatic N) is 5. The lowest BCUT2D eigenvalue weighted by atomic mass is 10.0. The lowest BCUT2D eigenvalue weighted by molar-refractivity contribution is -0.143. The molecule has 3 amide bonds. The Morgan fingerprint density at radius 3 is 2.24 bits per heavy atom. The van der Waals surface area contributed by atoms with Crippen LogP contribution in [0.5, 0.6) is 5.88 Å². The van der Waals surface area contributed by atoms with Gasteiger partial charge in [0.15, 0.2) is 0 Å². The number of carbonyl (C=O) groups excluding carboxylic acids is 3. The van der Waals surface area contributed by atoms with Crippen molar-refractivity contribution in [1.82, 2.24) is 19.7 Å². The molecule has 1 aromatic heterocycles. The van der Waals surface area contributed by atoms with Crippen molar-refractivity contribution in [2.24, 2.45) is 0 Å². The highest BCUT2D eigenvalue weighted by Crippen LogP contribution is 2.21. The summed E-state index contributed by atoms with van der Waals surface area (Å²) < 4.78 is 10.4. The van der Waals surface area contributed by atoms with Crippen LogP contribution < -0.4 is 9.64 Å². The molecule has 0 saturated carbocycles. The molecule has 10 heteroatoms. The van der Waals surface area contributed by atoms with E-state index in [1.54, 1.807) is 56.3 Å². The number of ether oxygens (including phenoxy) is 2. The number of aromatic nitrogens is 1. The highest BCUT2D eigenvalue weighted by atomic mass is 16.5. The van der Waals surface area contributed by atoms with Gasteiger partial charge in [0.2, 0.25) is 23.6 Å². The van der Waals surface area contributed by atoms with E-state index in [-0.39, 0.29) is 24.3 Å². The van der Waals surface area contributed by atoms with Gasteiger partial charge in [-0.1, -0.05) is 42.5 Å². The normalized spacial score (nSPS) is 13.9. The van der Waals surface area contributed by atoms with Crippen molar-refractivity contribution >= 4 is 29.5 Å². The van der Waals surface area contributed by atoms with Gasteiger partial charge >= 0.3 is 0 Å². The van der Waals surface area contributed by atoms with Gasteiger partial charge < -0.3 is 29.1 Å². The molecule has 1 aliphatic rings. The molecule has 45 heavy (non-hydrogen) atoms. The van der Waals surface area contributed by atoms with E-state index in [9.17, 15) is 14.4 Å². The number of hydrogen-bond donors (Lipinski definition) is 0. The monoisotopic (exact) mass is 613 g/mol. The zero-order chi connectivity index (χ0) is 32.2. The second kappa shape index (κ2) is 16.4. The summed E-state index contributed by atoms with van der Waals surface area (Å²) in [5.41, 5.74) is 3.65. The van der Waals surface area contributed by atoms with Crippen LogP contribution in [0.15, 0.2) is 79.0 Å². The fraction of sp³-hybridized carbons (Fsp3) is 0.371. The minimum Gasteiger partial charge on any atom is -0.481 e. The van der Waals surface area contributed by atoms with E-state index in [4.69, 9.17) is 9.47 Å². The Morgan fingerprint density at radius 1 is 0.933 bits per heavy atom. The molecule has 0 aliphatic carbocycles. The van der Waals surface area contributed by atoms with Crippen LogP contribution in [-0.2, 0) is 32.1 Å². The number of piperazine rings is 1. The number of carbonyl (C=O) groups is 3. The van der Waals surface area contributed by atoms with Crippen molar-refractivity contribution in [3.63, 3.8) is 0 Å². The van der Waals surface area contributed by atoms with Gasteiger partial charge in [-0.05, 0) is 41.0 Å². The molecule has 4 rings (SSSR count). The molecule has 1 fully saturated rings. The van der Waals surface area contributed by atoms with Crippen LogP contribution in [0.3, 0.4) is 0 Å². The molecule has 2 aromatic carbocycles. The third-order valence-electron chi connectivity index (χ3n) is 7.99. The van der Waals surface area contributed by atoms with Crippen LogP contribution in [0.25, 0.3) is 6.08 Å². The average molecular weight is 614 g/mol. The van der Waals surface area contributed by atoms with Crippen molar-refractivity contribution in [2.75, 3.05) is 65.5 Å². The van der Waals surface area contributed by atoms with Crippen LogP contribution >= 0.6 is 0 Å². The largest absolute Gasteiger partial charge is 0.481 e. The van der Waals surface area contributed by atoms with E-state index in [0.717, 1.165) is 35.5 Å². The van der Waals surface area contributed by atoms with Crippen molar-refractivity contribution in [3.8, 4) is 5.88 Å². The van der Waals surface area contributed by atoms with Gasteiger partial charge in [-0.25, -0.2) is 4.98 Å². The molecule has 238 valence electrons. The predicted molar refractivity (Wildman–Crippen MR) is 175 cm³/mol. The third-order valence-corrected chi connectivity index (χ3v) is 7.99. The number of benzene rings is 2. The number of hydrogen-bond acceptors (Lipinski definition) is 7. The number of rotatable bonds is 13. The summed E-state index contributed by atoms with van der Waals surface area (Å²) in [7, 11) is 4.89. The Kier molecular flexibility index (Phi) is 12.1. The fourth-order valence-corrected chi connectivity index (χ4v) is 5.27. The van der Waals surface area contributed by atoms with Crippen LogP contribution in [-0.4, -0.2) is 104 Å². The molecule has 2 heterocycles. The number of anilines is 1. The first-order chi connectivity index (χ1) is 21.8. The van der Waals surface area contributed by atoms with Gasteiger partial charge in [0.25, 0.3) is 0 Å². The van der Waals surface area contributed by atoms with Crippen LogP contribution in [0.1, 0.15) is 23.6 Å². The SMILES string of the molecule is COCCN(C)C(=O)C(Cc1ccccc1)N(Cc1ccc(N2CCN(C(C)=O)CC2)cc1)C(=O)C=Cc1ccc(OC)nc1. The van der Waals surface area contributed by atoms with Crippen LogP contribution in [0.2, 0.25) is 0 Å². The second-order valence-corrected chi connectivity index (χ2v) is 11.1. The van der Waals surface area contributed by atoms with E-state index in [1.807, 2.05) is 65.6 Å². The van der Waals surface area contributed by atoms with Gasteiger partial charge in [-0.2, -0.15) is 0 Å². The fourth-order valence-electron chi connectivity index (χ4n) is 5.27. The molecule has 0 N–H and O–H groups in total. The van der Waals surface area contributed by atoms with Crippen molar-refractivity contribution < 1.29 is 23.9 Å². The Morgan fingerprint density at radius 2 is 1.64 bits per heavy atom. The van der Waals surface area contributed by atoms with E-state index >= 15 is 0 Å². The van der Waals surface area contributed by atoms with E-state index in [0.29, 0.717) is 38.5 Å². The summed E-state index contributed by atoms with van der Waals surface area (Å²) in [6.45, 7) is 5.54. The molecule has 1 unspecified atom stereocenters. The van der Waals surface area contributed by atoms with Gasteiger partial charge in [-0.15, -0.1) is 0 Å². The summed E-state index contributed by atoms with van der Waals surface area (Å²) in [5.74, 6) is 0.129. The first-order valence-corrected chi connectivity index (χ1v) is 15.1. The molecule has 3 aromatic rings. The number of likely N-dealkylation sites (N-methyl/N-ethyl adjacent to an activating group) is 1. The maximum atomic E-state index is 14.0. The minimum atomic E-state index is -0.750. The topological polar surface area (TPSA) is 95.5 Å². The highest BCUT2D eigenvalue weighted by molar-refractivity contribution is 5.95. The highest BCUT2D eigenvalue weighted by Gasteiger charge is 2.31. The molecule has 10 nitrogen and oxygen atoms in total. The lowest BCUT2D eigenvalue weighted by Gasteiger charge is -2.36. The molecular weight excluding hydrogens is 570 g/mol. The quantitative estimate of drug-likeness (QED) is 0.272.